The first-order valence-corrected chi connectivity index (χ1v) is 13.4. The standard InChI is InChI=1S/C24H29N5OS2/c30-23(25-18-7-9-19(10-8-18)28-13-3-1-2-4-14-28)17-32-24-27-26-22(29(24)20-11-12-20)16-21-6-5-15-31-21/h5-10,15,20H,1-4,11-14,16-17H2,(H,25,30). The van der Waals surface area contributed by atoms with Crippen LogP contribution in [0, 0.1) is 0 Å². The number of carbonyl (C=O) groups excluding carboxylic acids is 1. The Balaban J connectivity index is 1.17. The van der Waals surface area contributed by atoms with Gasteiger partial charge in [-0.2, -0.15) is 0 Å². The van der Waals surface area contributed by atoms with Gasteiger partial charge in [-0.3, -0.25) is 4.79 Å². The third kappa shape index (κ3) is 5.35. The predicted molar refractivity (Wildman–Crippen MR) is 132 cm³/mol. The molecule has 1 aromatic carbocycles. The van der Waals surface area contributed by atoms with Gasteiger partial charge in [0.25, 0.3) is 0 Å². The molecule has 168 valence electrons. The van der Waals surface area contributed by atoms with Gasteiger partial charge in [0, 0.05) is 41.8 Å². The zero-order valence-electron chi connectivity index (χ0n) is 18.2. The van der Waals surface area contributed by atoms with Gasteiger partial charge in [-0.25, -0.2) is 0 Å². The summed E-state index contributed by atoms with van der Waals surface area (Å²) in [5.74, 6) is 1.32. The lowest BCUT2D eigenvalue weighted by atomic mass is 10.2. The molecule has 1 saturated carbocycles. The summed E-state index contributed by atoms with van der Waals surface area (Å²) in [6.07, 6.45) is 8.31. The maximum atomic E-state index is 12.6. The second kappa shape index (κ2) is 10.1. The fourth-order valence-electron chi connectivity index (χ4n) is 4.21. The second-order valence-electron chi connectivity index (χ2n) is 8.54. The molecule has 0 unspecified atom stereocenters. The molecule has 0 bridgehead atoms. The van der Waals surface area contributed by atoms with E-state index in [1.54, 1.807) is 11.3 Å². The van der Waals surface area contributed by atoms with Gasteiger partial charge in [-0.1, -0.05) is 30.7 Å². The fourth-order valence-corrected chi connectivity index (χ4v) is 5.73. The Morgan fingerprint density at radius 2 is 1.84 bits per heavy atom. The van der Waals surface area contributed by atoms with Gasteiger partial charge in [-0.05, 0) is 61.4 Å². The number of nitrogens with one attached hydrogen (secondary N) is 1. The molecule has 3 aromatic rings. The molecule has 1 aliphatic heterocycles. The number of amides is 1. The predicted octanol–water partition coefficient (Wildman–Crippen LogP) is 5.38. The minimum Gasteiger partial charge on any atom is -0.372 e. The van der Waals surface area contributed by atoms with Crippen LogP contribution in [0.15, 0.2) is 46.9 Å². The van der Waals surface area contributed by atoms with E-state index >= 15 is 0 Å². The molecule has 32 heavy (non-hydrogen) atoms. The zero-order chi connectivity index (χ0) is 21.8. The van der Waals surface area contributed by atoms with Gasteiger partial charge < -0.3 is 14.8 Å². The van der Waals surface area contributed by atoms with E-state index in [0.717, 1.165) is 36.2 Å². The third-order valence-corrected chi connectivity index (χ3v) is 7.83. The van der Waals surface area contributed by atoms with Crippen LogP contribution in [0.25, 0.3) is 0 Å². The van der Waals surface area contributed by atoms with Crippen LogP contribution in [0.1, 0.15) is 55.3 Å². The van der Waals surface area contributed by atoms with E-state index in [4.69, 9.17) is 0 Å². The molecule has 6 nitrogen and oxygen atoms in total. The minimum absolute atomic E-state index is 0.0114. The Morgan fingerprint density at radius 1 is 1.06 bits per heavy atom. The SMILES string of the molecule is O=C(CSc1nnc(Cc2cccs2)n1C1CC1)Nc1ccc(N2CCCCCC2)cc1. The molecule has 8 heteroatoms. The van der Waals surface area contributed by atoms with Crippen LogP contribution in [0.4, 0.5) is 11.4 Å². The normalized spacial score (nSPS) is 16.7. The molecular weight excluding hydrogens is 438 g/mol. The zero-order valence-corrected chi connectivity index (χ0v) is 19.8. The third-order valence-electron chi connectivity index (χ3n) is 6.01. The number of thiophene rings is 1. The lowest BCUT2D eigenvalue weighted by molar-refractivity contribution is -0.113. The summed E-state index contributed by atoms with van der Waals surface area (Å²) in [5, 5.41) is 14.8. The van der Waals surface area contributed by atoms with Gasteiger partial charge in [0.05, 0.1) is 5.75 Å². The largest absolute Gasteiger partial charge is 0.372 e. The molecule has 1 amide bonds. The first-order valence-electron chi connectivity index (χ1n) is 11.5. The highest BCUT2D eigenvalue weighted by Crippen LogP contribution is 2.39. The van der Waals surface area contributed by atoms with E-state index in [-0.39, 0.29) is 5.91 Å². The van der Waals surface area contributed by atoms with Crippen molar-refractivity contribution in [3.8, 4) is 0 Å². The van der Waals surface area contributed by atoms with Crippen LogP contribution in [-0.4, -0.2) is 39.5 Å². The summed E-state index contributed by atoms with van der Waals surface area (Å²) in [7, 11) is 0. The highest BCUT2D eigenvalue weighted by atomic mass is 32.2. The number of thioether (sulfide) groups is 1. The number of benzene rings is 1. The van der Waals surface area contributed by atoms with E-state index < -0.39 is 0 Å². The van der Waals surface area contributed by atoms with Crippen LogP contribution in [0.5, 0.6) is 0 Å². The fraction of sp³-hybridized carbons (Fsp3) is 0.458. The van der Waals surface area contributed by atoms with Crippen molar-refractivity contribution in [1.29, 1.82) is 0 Å². The van der Waals surface area contributed by atoms with Crippen molar-refractivity contribution in [2.75, 3.05) is 29.1 Å². The number of anilines is 2. The van der Waals surface area contributed by atoms with Crippen molar-refractivity contribution >= 4 is 40.4 Å². The van der Waals surface area contributed by atoms with Crippen LogP contribution in [-0.2, 0) is 11.2 Å². The lowest BCUT2D eigenvalue weighted by Gasteiger charge is -2.22. The van der Waals surface area contributed by atoms with Crippen LogP contribution in [0.3, 0.4) is 0 Å². The number of hydrogen-bond donors (Lipinski definition) is 1. The molecule has 2 fully saturated rings. The number of carbonyl (C=O) groups is 1. The van der Waals surface area contributed by atoms with Gasteiger partial charge in [0.1, 0.15) is 5.82 Å². The Morgan fingerprint density at radius 3 is 2.53 bits per heavy atom. The van der Waals surface area contributed by atoms with Crippen molar-refractivity contribution in [2.45, 2.75) is 56.1 Å². The molecule has 0 atom stereocenters. The Hall–Kier alpha value is -2.32. The minimum atomic E-state index is -0.0114. The maximum Gasteiger partial charge on any atom is 0.234 e. The Kier molecular flexibility index (Phi) is 6.78. The number of aromatic nitrogens is 3. The smallest absolute Gasteiger partial charge is 0.234 e. The summed E-state index contributed by atoms with van der Waals surface area (Å²) in [4.78, 5) is 16.3. The Bertz CT molecular complexity index is 1020. The van der Waals surface area contributed by atoms with Crippen molar-refractivity contribution in [3.63, 3.8) is 0 Å². The van der Waals surface area contributed by atoms with Crippen molar-refractivity contribution in [2.24, 2.45) is 0 Å². The summed E-state index contributed by atoms with van der Waals surface area (Å²) < 4.78 is 2.24. The van der Waals surface area contributed by atoms with Crippen LogP contribution in [0.2, 0.25) is 0 Å². The van der Waals surface area contributed by atoms with E-state index in [0.29, 0.717) is 11.8 Å². The van der Waals surface area contributed by atoms with Crippen LogP contribution >= 0.6 is 23.1 Å². The topological polar surface area (TPSA) is 63.1 Å². The molecule has 1 saturated heterocycles. The van der Waals surface area contributed by atoms with Gasteiger partial charge in [0.2, 0.25) is 5.91 Å². The van der Waals surface area contributed by atoms with Crippen molar-refractivity contribution < 1.29 is 4.79 Å². The number of rotatable bonds is 8. The van der Waals surface area contributed by atoms with Gasteiger partial charge in [-0.15, -0.1) is 21.5 Å². The van der Waals surface area contributed by atoms with Crippen LogP contribution < -0.4 is 10.2 Å². The second-order valence-corrected chi connectivity index (χ2v) is 10.5. The molecule has 0 spiro atoms. The first-order chi connectivity index (χ1) is 15.8. The van der Waals surface area contributed by atoms with Crippen molar-refractivity contribution in [3.05, 3.63) is 52.5 Å². The highest BCUT2D eigenvalue weighted by molar-refractivity contribution is 7.99. The molecule has 0 radical (unpaired) electrons. The Labute approximate surface area is 197 Å². The first kappa shape index (κ1) is 21.5. The number of hydrogen-bond acceptors (Lipinski definition) is 6. The summed E-state index contributed by atoms with van der Waals surface area (Å²) in [6, 6.07) is 12.9. The lowest BCUT2D eigenvalue weighted by Crippen LogP contribution is -2.23. The summed E-state index contributed by atoms with van der Waals surface area (Å²) in [6.45, 7) is 2.25. The van der Waals surface area contributed by atoms with E-state index in [2.05, 4.69) is 54.6 Å². The van der Waals surface area contributed by atoms with Crippen molar-refractivity contribution in [1.82, 2.24) is 14.8 Å². The average Bonchev–Trinajstić information content (AvgIpc) is 3.47. The monoisotopic (exact) mass is 467 g/mol. The molecule has 2 aromatic heterocycles. The van der Waals surface area contributed by atoms with Gasteiger partial charge >= 0.3 is 0 Å². The molecule has 1 N–H and O–H groups in total. The highest BCUT2D eigenvalue weighted by Gasteiger charge is 2.30. The summed E-state index contributed by atoms with van der Waals surface area (Å²) in [5.41, 5.74) is 2.09. The van der Waals surface area contributed by atoms with E-state index in [1.165, 1.54) is 60.9 Å². The average molecular weight is 468 g/mol. The molecule has 3 heterocycles. The quantitative estimate of drug-likeness (QED) is 0.451. The van der Waals surface area contributed by atoms with Gasteiger partial charge in [0.15, 0.2) is 5.16 Å². The molecule has 1 aliphatic carbocycles. The summed E-state index contributed by atoms with van der Waals surface area (Å²) >= 11 is 3.22. The van der Waals surface area contributed by atoms with E-state index in [1.807, 2.05) is 12.1 Å². The maximum absolute atomic E-state index is 12.6. The molecule has 2 aliphatic rings. The van der Waals surface area contributed by atoms with E-state index in [9.17, 15) is 4.79 Å². The molecule has 5 rings (SSSR count). The number of nitrogens with zero attached hydrogens (tertiary/aromatic N) is 4. The molecular formula is C24H29N5OS2.